The molecule has 18 heavy (non-hydrogen) atoms. The van der Waals surface area contributed by atoms with Crippen molar-refractivity contribution in [2.75, 3.05) is 7.05 Å². The van der Waals surface area contributed by atoms with E-state index in [9.17, 15) is 0 Å². The Morgan fingerprint density at radius 2 is 2.00 bits per heavy atom. The number of likely N-dealkylation sites (N-methyl/N-ethyl adjacent to an activating group) is 1. The molecule has 1 heterocycles. The van der Waals surface area contributed by atoms with Crippen LogP contribution in [0.25, 0.3) is 11.1 Å². The second-order valence-electron chi connectivity index (χ2n) is 6.03. The van der Waals surface area contributed by atoms with Crippen molar-refractivity contribution in [1.82, 2.24) is 10.3 Å². The van der Waals surface area contributed by atoms with E-state index >= 15 is 0 Å². The maximum atomic E-state index is 5.76. The van der Waals surface area contributed by atoms with E-state index in [0.717, 1.165) is 29.8 Å². The van der Waals surface area contributed by atoms with Crippen molar-refractivity contribution in [3.8, 4) is 0 Å². The highest BCUT2D eigenvalue weighted by atomic mass is 16.3. The van der Waals surface area contributed by atoms with Crippen LogP contribution in [0.5, 0.6) is 0 Å². The van der Waals surface area contributed by atoms with E-state index in [2.05, 4.69) is 31.1 Å². The van der Waals surface area contributed by atoms with Crippen LogP contribution in [0.15, 0.2) is 28.7 Å². The van der Waals surface area contributed by atoms with Crippen LogP contribution in [-0.2, 0) is 6.42 Å². The molecule has 1 atom stereocenters. The lowest BCUT2D eigenvalue weighted by Crippen LogP contribution is -2.32. The molecule has 2 aromatic rings. The van der Waals surface area contributed by atoms with E-state index in [-0.39, 0.29) is 0 Å². The summed E-state index contributed by atoms with van der Waals surface area (Å²) in [4.78, 5) is 4.52. The van der Waals surface area contributed by atoms with Gasteiger partial charge in [0, 0.05) is 12.5 Å². The lowest BCUT2D eigenvalue weighted by atomic mass is 9.87. The molecule has 1 N–H and O–H groups in total. The molecule has 1 aromatic carbocycles. The molecule has 1 aromatic heterocycles. The summed E-state index contributed by atoms with van der Waals surface area (Å²) < 4.78 is 5.76. The molecule has 3 heteroatoms. The molecular formula is C15H22N2O. The molecule has 0 fully saturated rings. The maximum absolute atomic E-state index is 5.76. The molecule has 0 amide bonds. The second-order valence-corrected chi connectivity index (χ2v) is 6.03. The van der Waals surface area contributed by atoms with Crippen molar-refractivity contribution in [1.29, 1.82) is 0 Å². The van der Waals surface area contributed by atoms with Crippen molar-refractivity contribution in [2.24, 2.45) is 5.41 Å². The Balaban J connectivity index is 2.11. The van der Waals surface area contributed by atoms with Crippen LogP contribution in [0.1, 0.15) is 33.1 Å². The van der Waals surface area contributed by atoms with Gasteiger partial charge in [0.05, 0.1) is 0 Å². The number of rotatable bonds is 4. The Labute approximate surface area is 109 Å². The van der Waals surface area contributed by atoms with Gasteiger partial charge in [0.25, 0.3) is 0 Å². The molecule has 1 unspecified atom stereocenters. The number of para-hydroxylation sites is 2. The maximum Gasteiger partial charge on any atom is 0.197 e. The first kappa shape index (κ1) is 13.1. The normalized spacial score (nSPS) is 14.0. The third-order valence-corrected chi connectivity index (χ3v) is 3.03. The summed E-state index contributed by atoms with van der Waals surface area (Å²) in [5.41, 5.74) is 2.12. The molecule has 0 saturated carbocycles. The zero-order valence-corrected chi connectivity index (χ0v) is 11.7. The average Bonchev–Trinajstić information content (AvgIpc) is 2.68. The lowest BCUT2D eigenvalue weighted by Gasteiger charge is -2.24. The molecule has 0 radical (unpaired) electrons. The van der Waals surface area contributed by atoms with Crippen molar-refractivity contribution in [3.63, 3.8) is 0 Å². The minimum atomic E-state index is 0.305. The lowest BCUT2D eigenvalue weighted by molar-refractivity contribution is 0.306. The topological polar surface area (TPSA) is 38.1 Å². The van der Waals surface area contributed by atoms with Gasteiger partial charge in [-0.05, 0) is 31.0 Å². The quantitative estimate of drug-likeness (QED) is 0.898. The van der Waals surface area contributed by atoms with Crippen LogP contribution in [-0.4, -0.2) is 18.1 Å². The molecular weight excluding hydrogens is 224 g/mol. The van der Waals surface area contributed by atoms with E-state index in [1.165, 1.54) is 0 Å². The first-order valence-corrected chi connectivity index (χ1v) is 6.50. The van der Waals surface area contributed by atoms with E-state index in [1.54, 1.807) is 0 Å². The minimum Gasteiger partial charge on any atom is -0.441 e. The fourth-order valence-corrected chi connectivity index (χ4v) is 2.23. The van der Waals surface area contributed by atoms with Crippen molar-refractivity contribution >= 4 is 11.1 Å². The minimum absolute atomic E-state index is 0.305. The van der Waals surface area contributed by atoms with Gasteiger partial charge < -0.3 is 9.73 Å². The molecule has 0 aliphatic heterocycles. The Hall–Kier alpha value is -1.35. The Kier molecular flexibility index (Phi) is 3.71. The number of benzene rings is 1. The highest BCUT2D eigenvalue weighted by Crippen LogP contribution is 2.23. The van der Waals surface area contributed by atoms with Gasteiger partial charge in [-0.25, -0.2) is 4.98 Å². The van der Waals surface area contributed by atoms with Crippen LogP contribution < -0.4 is 5.32 Å². The van der Waals surface area contributed by atoms with Crippen LogP contribution in [0.3, 0.4) is 0 Å². The van der Waals surface area contributed by atoms with E-state index < -0.39 is 0 Å². The second kappa shape index (κ2) is 5.11. The molecule has 0 bridgehead atoms. The largest absolute Gasteiger partial charge is 0.441 e. The van der Waals surface area contributed by atoms with Gasteiger partial charge in [-0.2, -0.15) is 0 Å². The molecule has 2 rings (SSSR count). The van der Waals surface area contributed by atoms with E-state index in [0.29, 0.717) is 11.5 Å². The fourth-order valence-electron chi connectivity index (χ4n) is 2.23. The SMILES string of the molecule is CNC(Cc1nc2ccccc2o1)CC(C)(C)C. The first-order chi connectivity index (χ1) is 8.48. The van der Waals surface area contributed by atoms with Gasteiger partial charge in [0.2, 0.25) is 0 Å². The number of hydrogen-bond acceptors (Lipinski definition) is 3. The van der Waals surface area contributed by atoms with Crippen LogP contribution in [0.2, 0.25) is 0 Å². The molecule has 0 aliphatic rings. The smallest absolute Gasteiger partial charge is 0.197 e. The third-order valence-electron chi connectivity index (χ3n) is 3.03. The molecule has 3 nitrogen and oxygen atoms in total. The number of aromatic nitrogens is 1. The number of nitrogens with one attached hydrogen (secondary N) is 1. The van der Waals surface area contributed by atoms with E-state index in [4.69, 9.17) is 4.42 Å². The van der Waals surface area contributed by atoms with Gasteiger partial charge in [-0.3, -0.25) is 0 Å². The van der Waals surface area contributed by atoms with Crippen molar-refractivity contribution in [2.45, 2.75) is 39.7 Å². The van der Waals surface area contributed by atoms with Crippen LogP contribution in [0.4, 0.5) is 0 Å². The highest BCUT2D eigenvalue weighted by molar-refractivity contribution is 5.72. The summed E-state index contributed by atoms with van der Waals surface area (Å²) >= 11 is 0. The molecule has 98 valence electrons. The zero-order valence-electron chi connectivity index (χ0n) is 11.7. The number of oxazole rings is 1. The van der Waals surface area contributed by atoms with Crippen molar-refractivity contribution < 1.29 is 4.42 Å². The highest BCUT2D eigenvalue weighted by Gasteiger charge is 2.19. The molecule has 0 aliphatic carbocycles. The number of fused-ring (bicyclic) bond motifs is 1. The Bertz CT molecular complexity index is 477. The number of hydrogen-bond donors (Lipinski definition) is 1. The summed E-state index contributed by atoms with van der Waals surface area (Å²) in [6, 6.07) is 8.31. The summed E-state index contributed by atoms with van der Waals surface area (Å²) in [5, 5.41) is 3.35. The standard InChI is InChI=1S/C15H22N2O/c1-15(2,3)10-11(16-4)9-14-17-12-7-5-6-8-13(12)18-14/h5-8,11,16H,9-10H2,1-4H3. The van der Waals surface area contributed by atoms with Crippen molar-refractivity contribution in [3.05, 3.63) is 30.2 Å². The summed E-state index contributed by atoms with van der Waals surface area (Å²) in [5.74, 6) is 0.819. The summed E-state index contributed by atoms with van der Waals surface area (Å²) in [6.07, 6.45) is 1.94. The summed E-state index contributed by atoms with van der Waals surface area (Å²) in [6.45, 7) is 6.76. The third kappa shape index (κ3) is 3.33. The Morgan fingerprint density at radius 1 is 1.28 bits per heavy atom. The van der Waals surface area contributed by atoms with E-state index in [1.807, 2.05) is 31.3 Å². The predicted molar refractivity (Wildman–Crippen MR) is 74.6 cm³/mol. The predicted octanol–water partition coefficient (Wildman–Crippen LogP) is 3.39. The van der Waals surface area contributed by atoms with Gasteiger partial charge in [0.15, 0.2) is 11.5 Å². The first-order valence-electron chi connectivity index (χ1n) is 6.50. The fraction of sp³-hybridized carbons (Fsp3) is 0.533. The molecule has 0 saturated heterocycles. The Morgan fingerprint density at radius 3 is 2.61 bits per heavy atom. The van der Waals surface area contributed by atoms with Gasteiger partial charge in [0.1, 0.15) is 5.52 Å². The number of nitrogens with zero attached hydrogens (tertiary/aromatic N) is 1. The van der Waals surface area contributed by atoms with Crippen LogP contribution in [0, 0.1) is 5.41 Å². The zero-order chi connectivity index (χ0) is 13.2. The van der Waals surface area contributed by atoms with Gasteiger partial charge in [-0.1, -0.05) is 32.9 Å². The van der Waals surface area contributed by atoms with Gasteiger partial charge in [-0.15, -0.1) is 0 Å². The average molecular weight is 246 g/mol. The molecule has 0 spiro atoms. The van der Waals surface area contributed by atoms with Crippen LogP contribution >= 0.6 is 0 Å². The summed E-state index contributed by atoms with van der Waals surface area (Å²) in [7, 11) is 2.00. The van der Waals surface area contributed by atoms with Gasteiger partial charge >= 0.3 is 0 Å². The monoisotopic (exact) mass is 246 g/mol.